The van der Waals surface area contributed by atoms with Gasteiger partial charge in [0.05, 0.1) is 5.56 Å². The van der Waals surface area contributed by atoms with Crippen molar-refractivity contribution < 1.29 is 15.0 Å². The van der Waals surface area contributed by atoms with Crippen LogP contribution >= 0.6 is 0 Å². The van der Waals surface area contributed by atoms with E-state index in [9.17, 15) is 15.0 Å². The standard InChI is InChI=1S/C14H18N2O3/c1-9-4-2-3-5-12(9)15-16-14(19)11-8-10(17)6-7-13(11)18/h6-9,17-18H,2-5H2,1H3,(H,16,19). The van der Waals surface area contributed by atoms with Gasteiger partial charge in [-0.2, -0.15) is 5.10 Å². The normalized spacial score (nSPS) is 21.3. The smallest absolute Gasteiger partial charge is 0.275 e. The minimum Gasteiger partial charge on any atom is -0.508 e. The number of hydrazone groups is 1. The lowest BCUT2D eigenvalue weighted by atomic mass is 9.89. The lowest BCUT2D eigenvalue weighted by Crippen LogP contribution is -2.24. The van der Waals surface area contributed by atoms with E-state index in [2.05, 4.69) is 17.5 Å². The van der Waals surface area contributed by atoms with Crippen LogP contribution in [0.1, 0.15) is 43.0 Å². The molecule has 0 saturated heterocycles. The molecule has 0 aliphatic heterocycles. The number of rotatable bonds is 2. The van der Waals surface area contributed by atoms with Gasteiger partial charge in [0.2, 0.25) is 0 Å². The largest absolute Gasteiger partial charge is 0.508 e. The fourth-order valence-corrected chi connectivity index (χ4v) is 2.22. The Hall–Kier alpha value is -2.04. The first-order valence-corrected chi connectivity index (χ1v) is 6.46. The van der Waals surface area contributed by atoms with Crippen molar-refractivity contribution in [2.45, 2.75) is 32.6 Å². The molecule has 102 valence electrons. The minimum absolute atomic E-state index is 0.0211. The molecule has 0 aromatic heterocycles. The van der Waals surface area contributed by atoms with Crippen LogP contribution < -0.4 is 5.43 Å². The summed E-state index contributed by atoms with van der Waals surface area (Å²) in [6, 6.07) is 3.82. The van der Waals surface area contributed by atoms with Crippen molar-refractivity contribution in [2.75, 3.05) is 0 Å². The monoisotopic (exact) mass is 262 g/mol. The van der Waals surface area contributed by atoms with Gasteiger partial charge >= 0.3 is 0 Å². The van der Waals surface area contributed by atoms with Crippen LogP contribution in [-0.2, 0) is 0 Å². The van der Waals surface area contributed by atoms with E-state index in [1.807, 2.05) is 0 Å². The number of carbonyl (C=O) groups is 1. The van der Waals surface area contributed by atoms with Gasteiger partial charge in [-0.25, -0.2) is 5.43 Å². The van der Waals surface area contributed by atoms with Crippen LogP contribution in [-0.4, -0.2) is 21.8 Å². The van der Waals surface area contributed by atoms with Gasteiger partial charge in [-0.1, -0.05) is 13.3 Å². The van der Waals surface area contributed by atoms with Crippen LogP contribution in [0.15, 0.2) is 23.3 Å². The van der Waals surface area contributed by atoms with Crippen molar-refractivity contribution in [2.24, 2.45) is 11.0 Å². The first kappa shape index (κ1) is 13.4. The molecule has 1 aromatic carbocycles. The maximum Gasteiger partial charge on any atom is 0.275 e. The molecule has 1 atom stereocenters. The van der Waals surface area contributed by atoms with Gasteiger partial charge in [0, 0.05) is 5.71 Å². The third-order valence-corrected chi connectivity index (χ3v) is 3.41. The highest BCUT2D eigenvalue weighted by Crippen LogP contribution is 2.23. The van der Waals surface area contributed by atoms with Gasteiger partial charge in [0.15, 0.2) is 0 Å². The van der Waals surface area contributed by atoms with E-state index < -0.39 is 5.91 Å². The molecule has 19 heavy (non-hydrogen) atoms. The van der Waals surface area contributed by atoms with Crippen molar-refractivity contribution in [3.8, 4) is 11.5 Å². The highest BCUT2D eigenvalue weighted by atomic mass is 16.3. The van der Waals surface area contributed by atoms with E-state index in [4.69, 9.17) is 0 Å². The number of carbonyl (C=O) groups excluding carboxylic acids is 1. The van der Waals surface area contributed by atoms with E-state index >= 15 is 0 Å². The Morgan fingerprint density at radius 1 is 1.37 bits per heavy atom. The Morgan fingerprint density at radius 2 is 2.16 bits per heavy atom. The zero-order chi connectivity index (χ0) is 13.8. The summed E-state index contributed by atoms with van der Waals surface area (Å²) in [7, 11) is 0. The molecule has 1 unspecified atom stereocenters. The number of nitrogens with zero attached hydrogens (tertiary/aromatic N) is 1. The number of aromatic hydroxyl groups is 2. The van der Waals surface area contributed by atoms with Crippen molar-refractivity contribution in [1.82, 2.24) is 5.43 Å². The number of phenolic OH excluding ortho intramolecular Hbond substituents is 2. The second-order valence-corrected chi connectivity index (χ2v) is 4.89. The third-order valence-electron chi connectivity index (χ3n) is 3.41. The van der Waals surface area contributed by atoms with Crippen molar-refractivity contribution in [3.63, 3.8) is 0 Å². The molecule has 1 aliphatic carbocycles. The Labute approximate surface area is 112 Å². The third kappa shape index (κ3) is 3.24. The van der Waals surface area contributed by atoms with Gasteiger partial charge in [-0.15, -0.1) is 0 Å². The van der Waals surface area contributed by atoms with E-state index in [-0.39, 0.29) is 17.1 Å². The molecule has 3 N–H and O–H groups in total. The minimum atomic E-state index is -0.515. The molecule has 1 fully saturated rings. The molecule has 1 aromatic rings. The number of nitrogens with one attached hydrogen (secondary N) is 1. The van der Waals surface area contributed by atoms with Crippen LogP contribution in [0.3, 0.4) is 0 Å². The first-order valence-electron chi connectivity index (χ1n) is 6.46. The molecular formula is C14H18N2O3. The summed E-state index contributed by atoms with van der Waals surface area (Å²) in [6.07, 6.45) is 4.28. The second kappa shape index (κ2) is 5.73. The summed E-state index contributed by atoms with van der Waals surface area (Å²) in [5.74, 6) is -0.376. The number of hydrogen-bond acceptors (Lipinski definition) is 4. The topological polar surface area (TPSA) is 81.9 Å². The Bertz CT molecular complexity index is 511. The van der Waals surface area contributed by atoms with Crippen LogP contribution in [0.2, 0.25) is 0 Å². The predicted octanol–water partition coefficient (Wildman–Crippen LogP) is 2.39. The number of benzene rings is 1. The van der Waals surface area contributed by atoms with E-state index in [1.165, 1.54) is 24.6 Å². The molecule has 0 heterocycles. The number of amides is 1. The lowest BCUT2D eigenvalue weighted by molar-refractivity contribution is 0.0951. The average Bonchev–Trinajstić information content (AvgIpc) is 2.40. The maximum atomic E-state index is 11.9. The van der Waals surface area contributed by atoms with E-state index in [0.29, 0.717) is 5.92 Å². The molecular weight excluding hydrogens is 244 g/mol. The average molecular weight is 262 g/mol. The molecule has 0 radical (unpaired) electrons. The number of phenols is 2. The van der Waals surface area contributed by atoms with Crippen LogP contribution in [0.4, 0.5) is 0 Å². The summed E-state index contributed by atoms with van der Waals surface area (Å²) >= 11 is 0. The van der Waals surface area contributed by atoms with Crippen LogP contribution in [0, 0.1) is 5.92 Å². The Morgan fingerprint density at radius 3 is 2.89 bits per heavy atom. The summed E-state index contributed by atoms with van der Waals surface area (Å²) < 4.78 is 0. The summed E-state index contributed by atoms with van der Waals surface area (Å²) in [4.78, 5) is 11.9. The number of hydrogen-bond donors (Lipinski definition) is 3. The first-order chi connectivity index (χ1) is 9.08. The van der Waals surface area contributed by atoms with Crippen molar-refractivity contribution in [1.29, 1.82) is 0 Å². The molecule has 1 saturated carbocycles. The highest BCUT2D eigenvalue weighted by Gasteiger charge is 2.17. The summed E-state index contributed by atoms with van der Waals surface area (Å²) in [5.41, 5.74) is 3.45. The van der Waals surface area contributed by atoms with Gasteiger partial charge < -0.3 is 10.2 Å². The zero-order valence-corrected chi connectivity index (χ0v) is 10.9. The van der Waals surface area contributed by atoms with Crippen molar-refractivity contribution >= 4 is 11.6 Å². The summed E-state index contributed by atoms with van der Waals surface area (Å²) in [6.45, 7) is 2.09. The second-order valence-electron chi connectivity index (χ2n) is 4.89. The summed E-state index contributed by atoms with van der Waals surface area (Å²) in [5, 5.41) is 23.0. The predicted molar refractivity (Wildman–Crippen MR) is 72.3 cm³/mol. The van der Waals surface area contributed by atoms with Crippen LogP contribution in [0.25, 0.3) is 0 Å². The van der Waals surface area contributed by atoms with Gasteiger partial charge in [0.25, 0.3) is 5.91 Å². The SMILES string of the molecule is CC1CCCCC1=NNC(=O)c1cc(O)ccc1O. The molecule has 1 amide bonds. The zero-order valence-electron chi connectivity index (χ0n) is 10.9. The fourth-order valence-electron chi connectivity index (χ4n) is 2.22. The highest BCUT2D eigenvalue weighted by molar-refractivity contribution is 5.98. The van der Waals surface area contributed by atoms with Gasteiger partial charge in [0.1, 0.15) is 11.5 Å². The van der Waals surface area contributed by atoms with Crippen molar-refractivity contribution in [3.05, 3.63) is 23.8 Å². The fraction of sp³-hybridized carbons (Fsp3) is 0.429. The van der Waals surface area contributed by atoms with Gasteiger partial charge in [-0.05, 0) is 43.4 Å². The van der Waals surface area contributed by atoms with E-state index in [0.717, 1.165) is 25.0 Å². The molecule has 1 aliphatic rings. The maximum absolute atomic E-state index is 11.9. The molecule has 5 heteroatoms. The molecule has 2 rings (SSSR count). The molecule has 0 spiro atoms. The lowest BCUT2D eigenvalue weighted by Gasteiger charge is -2.19. The van der Waals surface area contributed by atoms with Crippen LogP contribution in [0.5, 0.6) is 11.5 Å². The molecule has 0 bridgehead atoms. The Kier molecular flexibility index (Phi) is 4.04. The molecule has 5 nitrogen and oxygen atoms in total. The van der Waals surface area contributed by atoms with E-state index in [1.54, 1.807) is 0 Å². The Balaban J connectivity index is 2.08. The van der Waals surface area contributed by atoms with Gasteiger partial charge in [-0.3, -0.25) is 4.79 Å². The quantitative estimate of drug-likeness (QED) is 0.565.